The first-order chi connectivity index (χ1) is 12.2. The Kier molecular flexibility index (Phi) is 6.88. The first-order valence-corrected chi connectivity index (χ1v) is 9.88. The summed E-state index contributed by atoms with van der Waals surface area (Å²) in [5, 5.41) is 3.29. The number of nitrogens with one attached hydrogen (secondary N) is 1. The lowest BCUT2D eigenvalue weighted by molar-refractivity contribution is -0.124. The standard InChI is InChI=1S/C21H32N2O2/c1-17-8-5-6-12-20(17)22-21(24)16-23(15-19-11-7-13-25-19)14-18-9-3-2-4-10-18/h2-4,9-10,17,19-20H,5-8,11-16H2,1H3,(H,22,24). The van der Waals surface area contributed by atoms with E-state index in [1.165, 1.54) is 24.8 Å². The lowest BCUT2D eigenvalue weighted by Gasteiger charge is -2.31. The molecule has 1 aromatic rings. The summed E-state index contributed by atoms with van der Waals surface area (Å²) in [4.78, 5) is 14.9. The third-order valence-corrected chi connectivity index (χ3v) is 5.56. The van der Waals surface area contributed by atoms with Crippen LogP contribution in [-0.2, 0) is 16.1 Å². The summed E-state index contributed by atoms with van der Waals surface area (Å²) in [7, 11) is 0. The molecule has 1 N–H and O–H groups in total. The minimum Gasteiger partial charge on any atom is -0.377 e. The largest absolute Gasteiger partial charge is 0.377 e. The molecular formula is C21H32N2O2. The van der Waals surface area contributed by atoms with Crippen molar-refractivity contribution in [2.45, 2.75) is 64.1 Å². The SMILES string of the molecule is CC1CCCCC1NC(=O)CN(Cc1ccccc1)CC1CCCO1. The maximum atomic E-state index is 12.6. The molecule has 3 rings (SSSR count). The molecule has 1 saturated heterocycles. The predicted molar refractivity (Wildman–Crippen MR) is 100 cm³/mol. The molecule has 1 aliphatic carbocycles. The molecule has 4 heteroatoms. The van der Waals surface area contributed by atoms with Crippen molar-refractivity contribution in [1.82, 2.24) is 10.2 Å². The average Bonchev–Trinajstić information content (AvgIpc) is 3.11. The highest BCUT2D eigenvalue weighted by molar-refractivity contribution is 5.78. The molecule has 138 valence electrons. The van der Waals surface area contributed by atoms with Crippen LogP contribution in [0.5, 0.6) is 0 Å². The van der Waals surface area contributed by atoms with Crippen molar-refractivity contribution in [3.63, 3.8) is 0 Å². The highest BCUT2D eigenvalue weighted by atomic mass is 16.5. The molecule has 25 heavy (non-hydrogen) atoms. The molecule has 0 spiro atoms. The van der Waals surface area contributed by atoms with Crippen molar-refractivity contribution >= 4 is 5.91 Å². The quantitative estimate of drug-likeness (QED) is 0.825. The predicted octanol–water partition coefficient (Wildman–Crippen LogP) is 3.36. The molecule has 0 aromatic heterocycles. The van der Waals surface area contributed by atoms with Crippen molar-refractivity contribution < 1.29 is 9.53 Å². The second kappa shape index (κ2) is 9.35. The Bertz CT molecular complexity index is 528. The first-order valence-electron chi connectivity index (χ1n) is 9.88. The van der Waals surface area contributed by atoms with Crippen molar-refractivity contribution in [2.24, 2.45) is 5.92 Å². The molecule has 0 bridgehead atoms. The van der Waals surface area contributed by atoms with Gasteiger partial charge in [0.05, 0.1) is 12.6 Å². The van der Waals surface area contributed by atoms with Crippen molar-refractivity contribution in [1.29, 1.82) is 0 Å². The third kappa shape index (κ3) is 5.82. The van der Waals surface area contributed by atoms with E-state index >= 15 is 0 Å². The molecule has 1 aliphatic heterocycles. The summed E-state index contributed by atoms with van der Waals surface area (Å²) < 4.78 is 5.80. The number of carbonyl (C=O) groups is 1. The fourth-order valence-corrected chi connectivity index (χ4v) is 4.09. The third-order valence-electron chi connectivity index (χ3n) is 5.56. The van der Waals surface area contributed by atoms with Gasteiger partial charge >= 0.3 is 0 Å². The van der Waals surface area contributed by atoms with E-state index < -0.39 is 0 Å². The molecule has 3 atom stereocenters. The normalized spacial score (nSPS) is 26.7. The van der Waals surface area contributed by atoms with Gasteiger partial charge in [0.2, 0.25) is 5.91 Å². The fraction of sp³-hybridized carbons (Fsp3) is 0.667. The number of hydrogen-bond acceptors (Lipinski definition) is 3. The molecule has 1 saturated carbocycles. The van der Waals surface area contributed by atoms with E-state index in [4.69, 9.17) is 4.74 Å². The molecule has 1 heterocycles. The molecule has 2 aliphatic rings. The Labute approximate surface area is 151 Å². The summed E-state index contributed by atoms with van der Waals surface area (Å²) in [5.74, 6) is 0.756. The van der Waals surface area contributed by atoms with Crippen LogP contribution in [0.15, 0.2) is 30.3 Å². The fourth-order valence-electron chi connectivity index (χ4n) is 4.09. The van der Waals surface area contributed by atoms with Gasteiger partial charge in [0, 0.05) is 25.7 Å². The summed E-state index contributed by atoms with van der Waals surface area (Å²) >= 11 is 0. The van der Waals surface area contributed by atoms with Crippen LogP contribution < -0.4 is 5.32 Å². The monoisotopic (exact) mass is 344 g/mol. The molecule has 3 unspecified atom stereocenters. The van der Waals surface area contributed by atoms with Crippen molar-refractivity contribution in [3.05, 3.63) is 35.9 Å². The summed E-state index contributed by atoms with van der Waals surface area (Å²) in [6, 6.07) is 10.8. The number of ether oxygens (including phenoxy) is 1. The molecule has 0 radical (unpaired) electrons. The van der Waals surface area contributed by atoms with Gasteiger partial charge < -0.3 is 10.1 Å². The summed E-state index contributed by atoms with van der Waals surface area (Å²) in [6.07, 6.45) is 7.39. The van der Waals surface area contributed by atoms with E-state index in [1.807, 2.05) is 6.07 Å². The minimum absolute atomic E-state index is 0.160. The number of rotatable bonds is 7. The van der Waals surface area contributed by atoms with Gasteiger partial charge in [-0.1, -0.05) is 50.1 Å². The second-order valence-electron chi connectivity index (χ2n) is 7.73. The highest BCUT2D eigenvalue weighted by Crippen LogP contribution is 2.23. The van der Waals surface area contributed by atoms with E-state index in [9.17, 15) is 4.79 Å². The van der Waals surface area contributed by atoms with Gasteiger partial charge in [-0.05, 0) is 37.2 Å². The Morgan fingerprint density at radius 2 is 1.96 bits per heavy atom. The maximum absolute atomic E-state index is 12.6. The van der Waals surface area contributed by atoms with Gasteiger partial charge in [-0.3, -0.25) is 9.69 Å². The molecule has 2 fully saturated rings. The molecule has 1 amide bonds. The van der Waals surface area contributed by atoms with Gasteiger partial charge in [0.15, 0.2) is 0 Å². The van der Waals surface area contributed by atoms with Crippen LogP contribution in [0.1, 0.15) is 51.0 Å². The number of amides is 1. The van der Waals surface area contributed by atoms with E-state index in [0.717, 1.165) is 39.0 Å². The molecule has 1 aromatic carbocycles. The van der Waals surface area contributed by atoms with E-state index in [1.54, 1.807) is 0 Å². The van der Waals surface area contributed by atoms with Gasteiger partial charge in [-0.2, -0.15) is 0 Å². The zero-order valence-corrected chi connectivity index (χ0v) is 15.5. The van der Waals surface area contributed by atoms with Crippen LogP contribution in [0, 0.1) is 5.92 Å². The topological polar surface area (TPSA) is 41.6 Å². The number of nitrogens with zero attached hydrogens (tertiary/aromatic N) is 1. The lowest BCUT2D eigenvalue weighted by atomic mass is 9.86. The number of carbonyl (C=O) groups excluding carboxylic acids is 1. The molecule has 4 nitrogen and oxygen atoms in total. The van der Waals surface area contributed by atoms with Gasteiger partial charge in [-0.25, -0.2) is 0 Å². The van der Waals surface area contributed by atoms with E-state index in [0.29, 0.717) is 18.5 Å². The number of hydrogen-bond donors (Lipinski definition) is 1. The van der Waals surface area contributed by atoms with Crippen LogP contribution in [-0.4, -0.2) is 42.6 Å². The minimum atomic E-state index is 0.160. The van der Waals surface area contributed by atoms with Crippen molar-refractivity contribution in [2.75, 3.05) is 19.7 Å². The van der Waals surface area contributed by atoms with Crippen LogP contribution in [0.3, 0.4) is 0 Å². The van der Waals surface area contributed by atoms with Crippen LogP contribution in [0.2, 0.25) is 0 Å². The van der Waals surface area contributed by atoms with E-state index in [-0.39, 0.29) is 12.0 Å². The maximum Gasteiger partial charge on any atom is 0.234 e. The average molecular weight is 344 g/mol. The van der Waals surface area contributed by atoms with Gasteiger partial charge in [0.1, 0.15) is 0 Å². The Hall–Kier alpha value is -1.39. The zero-order valence-electron chi connectivity index (χ0n) is 15.5. The summed E-state index contributed by atoms with van der Waals surface area (Å²) in [5.41, 5.74) is 1.25. The highest BCUT2D eigenvalue weighted by Gasteiger charge is 2.25. The molecular weight excluding hydrogens is 312 g/mol. The smallest absolute Gasteiger partial charge is 0.234 e. The Balaban J connectivity index is 1.56. The van der Waals surface area contributed by atoms with Crippen LogP contribution in [0.4, 0.5) is 0 Å². The zero-order chi connectivity index (χ0) is 17.5. The summed E-state index contributed by atoms with van der Waals surface area (Å²) in [6.45, 7) is 5.21. The Morgan fingerprint density at radius 3 is 2.68 bits per heavy atom. The van der Waals surface area contributed by atoms with Crippen LogP contribution >= 0.6 is 0 Å². The lowest BCUT2D eigenvalue weighted by Crippen LogP contribution is -2.46. The van der Waals surface area contributed by atoms with E-state index in [2.05, 4.69) is 41.4 Å². The van der Waals surface area contributed by atoms with Gasteiger partial charge in [0.25, 0.3) is 0 Å². The Morgan fingerprint density at radius 1 is 1.16 bits per heavy atom. The number of benzene rings is 1. The second-order valence-corrected chi connectivity index (χ2v) is 7.73. The van der Waals surface area contributed by atoms with Gasteiger partial charge in [-0.15, -0.1) is 0 Å². The van der Waals surface area contributed by atoms with Crippen LogP contribution in [0.25, 0.3) is 0 Å². The first kappa shape index (κ1) is 18.4. The van der Waals surface area contributed by atoms with Crippen molar-refractivity contribution in [3.8, 4) is 0 Å².